The van der Waals surface area contributed by atoms with Crippen LogP contribution in [0.3, 0.4) is 0 Å². The van der Waals surface area contributed by atoms with Crippen LogP contribution in [-0.4, -0.2) is 31.4 Å². The minimum atomic E-state index is -0.959. The van der Waals surface area contributed by atoms with Crippen LogP contribution in [0.25, 0.3) is 0 Å². The second-order valence-corrected chi connectivity index (χ2v) is 13.6. The number of allylic oxidation sites excluding steroid dienone is 6. The largest absolute Gasteiger partial charge is 0.508 e. The van der Waals surface area contributed by atoms with Gasteiger partial charge in [-0.3, -0.25) is 4.79 Å². The highest BCUT2D eigenvalue weighted by atomic mass is 16.7. The highest BCUT2D eigenvalue weighted by Gasteiger charge is 2.50. The summed E-state index contributed by atoms with van der Waals surface area (Å²) in [5, 5.41) is 0. The van der Waals surface area contributed by atoms with Gasteiger partial charge in [0.15, 0.2) is 0 Å². The first-order valence-electron chi connectivity index (χ1n) is 15.2. The molecule has 1 saturated heterocycles. The van der Waals surface area contributed by atoms with E-state index in [1.807, 2.05) is 0 Å². The molecule has 1 heterocycles. The second kappa shape index (κ2) is 12.1. The van der Waals surface area contributed by atoms with Crippen molar-refractivity contribution in [1.29, 1.82) is 0 Å². The summed E-state index contributed by atoms with van der Waals surface area (Å²) in [7, 11) is 0. The third kappa shape index (κ3) is 6.55. The van der Waals surface area contributed by atoms with Crippen molar-refractivity contribution < 1.29 is 23.8 Å². The summed E-state index contributed by atoms with van der Waals surface area (Å²) >= 11 is 0. The van der Waals surface area contributed by atoms with Crippen molar-refractivity contribution in [3.63, 3.8) is 0 Å². The Kier molecular flexibility index (Phi) is 9.18. The van der Waals surface area contributed by atoms with Crippen molar-refractivity contribution >= 4 is 12.1 Å². The van der Waals surface area contributed by atoms with Gasteiger partial charge in [0.25, 0.3) is 0 Å². The highest BCUT2D eigenvalue weighted by molar-refractivity contribution is 5.78. The summed E-state index contributed by atoms with van der Waals surface area (Å²) in [5.74, 6) is 2.91. The molecule has 3 aliphatic carbocycles. The Morgan fingerprint density at radius 2 is 1.74 bits per heavy atom. The molecule has 0 amide bonds. The van der Waals surface area contributed by atoms with Gasteiger partial charge >= 0.3 is 12.1 Å². The van der Waals surface area contributed by atoms with Gasteiger partial charge in [0.2, 0.25) is 0 Å². The monoisotopic (exact) mass is 538 g/mol. The quantitative estimate of drug-likeness (QED) is 0.241. The maximum Gasteiger partial charge on any atom is 0.508 e. The Bertz CT molecular complexity index is 1020. The summed E-state index contributed by atoms with van der Waals surface area (Å²) in [5.41, 5.74) is 3.31. The number of hydrogen-bond donors (Lipinski definition) is 0. The minimum Gasteiger partial charge on any atom is -0.461 e. The van der Waals surface area contributed by atoms with Gasteiger partial charge in [-0.05, 0) is 92.4 Å². The molecule has 1 aliphatic heterocycles. The van der Waals surface area contributed by atoms with Crippen molar-refractivity contribution in [1.82, 2.24) is 0 Å². The lowest BCUT2D eigenvalue weighted by Gasteiger charge is -2.44. The van der Waals surface area contributed by atoms with Gasteiger partial charge in [-0.15, -0.1) is 0 Å². The first kappa shape index (κ1) is 29.7. The van der Waals surface area contributed by atoms with Crippen LogP contribution in [0.4, 0.5) is 4.79 Å². The van der Waals surface area contributed by atoms with Crippen molar-refractivity contribution in [2.45, 2.75) is 99.0 Å². The van der Waals surface area contributed by atoms with Gasteiger partial charge in [0.1, 0.15) is 24.7 Å². The van der Waals surface area contributed by atoms with E-state index in [0.29, 0.717) is 35.5 Å². The van der Waals surface area contributed by atoms with Crippen LogP contribution >= 0.6 is 0 Å². The predicted molar refractivity (Wildman–Crippen MR) is 155 cm³/mol. The predicted octanol–water partition coefficient (Wildman–Crippen LogP) is 8.37. The molecule has 39 heavy (non-hydrogen) atoms. The highest BCUT2D eigenvalue weighted by Crippen LogP contribution is 2.59. The van der Waals surface area contributed by atoms with E-state index in [1.54, 1.807) is 12.5 Å². The Morgan fingerprint density at radius 1 is 1.03 bits per heavy atom. The zero-order valence-corrected chi connectivity index (χ0v) is 25.1. The molecule has 0 spiro atoms. The summed E-state index contributed by atoms with van der Waals surface area (Å²) in [6, 6.07) is 0. The van der Waals surface area contributed by atoms with E-state index in [4.69, 9.17) is 14.2 Å². The molecule has 3 saturated carbocycles. The molecule has 4 aliphatic rings. The number of hydrogen-bond acceptors (Lipinski definition) is 5. The fourth-order valence-electron chi connectivity index (χ4n) is 7.26. The fourth-order valence-corrected chi connectivity index (χ4v) is 7.26. The van der Waals surface area contributed by atoms with E-state index < -0.39 is 11.6 Å². The standard InChI is InChI=1S/C34H50O5/c1-22(2)23(3)10-11-25(5)29-16-17-30-26(9-8-18-34(29,30)7)13-14-27-19-28(15-12-24(27)4)39-31(35)33(6)20-37-32(36)38-21-33/h10-11,13-14,22-23,25,28-30H,4,8-9,12,15-21H2,1-3,5-7H3/b11-10?,26-13+,27-14-/t23-,25+,28-,29+,30?,34+/m0/s1. The van der Waals surface area contributed by atoms with Crippen molar-refractivity contribution in [2.24, 2.45) is 40.4 Å². The van der Waals surface area contributed by atoms with Crippen LogP contribution in [0.1, 0.15) is 92.9 Å². The summed E-state index contributed by atoms with van der Waals surface area (Å²) in [4.78, 5) is 24.1. The first-order chi connectivity index (χ1) is 18.4. The van der Waals surface area contributed by atoms with Crippen LogP contribution in [-0.2, 0) is 19.0 Å². The minimum absolute atomic E-state index is 0.00873. The lowest BCUT2D eigenvalue weighted by Crippen LogP contribution is -2.45. The topological polar surface area (TPSA) is 61.8 Å². The van der Waals surface area contributed by atoms with Crippen LogP contribution in [0, 0.1) is 40.4 Å². The van der Waals surface area contributed by atoms with Gasteiger partial charge in [0.05, 0.1) is 0 Å². The number of carbonyl (C=O) groups excluding carboxylic acids is 2. The van der Waals surface area contributed by atoms with Gasteiger partial charge in [0, 0.05) is 6.42 Å². The molecule has 5 heteroatoms. The molecule has 0 aromatic heterocycles. The molecule has 6 atom stereocenters. The van der Waals surface area contributed by atoms with Crippen molar-refractivity contribution in [2.75, 3.05) is 13.2 Å². The molecule has 0 bridgehead atoms. The van der Waals surface area contributed by atoms with E-state index >= 15 is 0 Å². The van der Waals surface area contributed by atoms with E-state index in [1.165, 1.54) is 37.7 Å². The van der Waals surface area contributed by atoms with E-state index in [9.17, 15) is 9.59 Å². The van der Waals surface area contributed by atoms with Crippen LogP contribution in [0.15, 0.2) is 47.6 Å². The van der Waals surface area contributed by atoms with Crippen molar-refractivity contribution in [3.8, 4) is 0 Å². The van der Waals surface area contributed by atoms with E-state index in [0.717, 1.165) is 24.3 Å². The summed E-state index contributed by atoms with van der Waals surface area (Å²) in [6.07, 6.45) is 17.2. The molecule has 4 rings (SSSR count). The molecular weight excluding hydrogens is 488 g/mol. The van der Waals surface area contributed by atoms with E-state index in [2.05, 4.69) is 65.5 Å². The van der Waals surface area contributed by atoms with Gasteiger partial charge in [-0.25, -0.2) is 4.79 Å². The smallest absolute Gasteiger partial charge is 0.461 e. The molecule has 216 valence electrons. The molecule has 0 aromatic rings. The Hall–Kier alpha value is -2.30. The molecule has 4 fully saturated rings. The number of ether oxygens (including phenoxy) is 3. The SMILES string of the molecule is C=C1CC[C@H](OC(=O)C2(C)COC(=O)OC2)C/C1=C/C=C1\CCC[C@@]2(C)C1CC[C@@H]2[C@H](C)C=C[C@H](C)C(C)C. The lowest BCUT2D eigenvalue weighted by molar-refractivity contribution is -0.172. The molecule has 0 radical (unpaired) electrons. The number of esters is 1. The fraction of sp³-hybridized carbons (Fsp3) is 0.706. The number of rotatable bonds is 7. The molecule has 1 unspecified atom stereocenters. The molecule has 0 aromatic carbocycles. The maximum absolute atomic E-state index is 12.9. The Balaban J connectivity index is 1.42. The Labute approximate surface area is 236 Å². The van der Waals surface area contributed by atoms with Crippen molar-refractivity contribution in [3.05, 3.63) is 47.6 Å². The van der Waals surface area contributed by atoms with E-state index in [-0.39, 0.29) is 25.3 Å². The zero-order valence-electron chi connectivity index (χ0n) is 25.1. The van der Waals surface area contributed by atoms with Crippen LogP contribution < -0.4 is 0 Å². The average molecular weight is 539 g/mol. The van der Waals surface area contributed by atoms with Crippen LogP contribution in [0.5, 0.6) is 0 Å². The Morgan fingerprint density at radius 3 is 2.44 bits per heavy atom. The lowest BCUT2D eigenvalue weighted by atomic mass is 9.61. The third-order valence-corrected chi connectivity index (χ3v) is 10.4. The number of fused-ring (bicyclic) bond motifs is 1. The molecule has 5 nitrogen and oxygen atoms in total. The van der Waals surface area contributed by atoms with Gasteiger partial charge in [-0.1, -0.05) is 76.6 Å². The second-order valence-electron chi connectivity index (χ2n) is 13.6. The maximum atomic E-state index is 12.9. The normalized spacial score (nSPS) is 34.6. The average Bonchev–Trinajstić information content (AvgIpc) is 3.26. The van der Waals surface area contributed by atoms with Gasteiger partial charge < -0.3 is 14.2 Å². The molecule has 0 N–H and O–H groups in total. The molecular formula is C34H50O5. The number of cyclic esters (lactones) is 2. The third-order valence-electron chi connectivity index (χ3n) is 10.4. The zero-order chi connectivity index (χ0) is 28.4. The van der Waals surface area contributed by atoms with Crippen LogP contribution in [0.2, 0.25) is 0 Å². The summed E-state index contributed by atoms with van der Waals surface area (Å²) in [6.45, 7) is 17.9. The summed E-state index contributed by atoms with van der Waals surface area (Å²) < 4.78 is 15.8. The number of carbonyl (C=O) groups is 2. The van der Waals surface area contributed by atoms with Gasteiger partial charge in [-0.2, -0.15) is 0 Å². The first-order valence-corrected chi connectivity index (χ1v) is 15.2.